The average molecular weight is 263 g/mol. The highest BCUT2D eigenvalue weighted by Crippen LogP contribution is 2.31. The molecule has 2 rings (SSSR count). The van der Waals surface area contributed by atoms with Gasteiger partial charge in [0, 0.05) is 12.1 Å². The molecule has 1 aromatic carbocycles. The second-order valence-electron chi connectivity index (χ2n) is 5.70. The van der Waals surface area contributed by atoms with E-state index in [0.717, 1.165) is 29.8 Å². The summed E-state index contributed by atoms with van der Waals surface area (Å²) in [7, 11) is 1.65. The van der Waals surface area contributed by atoms with E-state index >= 15 is 0 Å². The van der Waals surface area contributed by atoms with Gasteiger partial charge in [0.25, 0.3) is 0 Å². The number of esters is 1. The monoisotopic (exact) mass is 263 g/mol. The van der Waals surface area contributed by atoms with Gasteiger partial charge in [-0.25, -0.2) is 4.79 Å². The fraction of sp³-hybridized carbons (Fsp3) is 0.533. The van der Waals surface area contributed by atoms with Crippen molar-refractivity contribution in [3.63, 3.8) is 0 Å². The number of hydrogen-bond donors (Lipinski definition) is 1. The summed E-state index contributed by atoms with van der Waals surface area (Å²) in [6.45, 7) is 6.37. The number of hydrogen-bond acceptors (Lipinski definition) is 4. The summed E-state index contributed by atoms with van der Waals surface area (Å²) in [6.07, 6.45) is 0.860. The Morgan fingerprint density at radius 2 is 2.11 bits per heavy atom. The van der Waals surface area contributed by atoms with Gasteiger partial charge in [-0.15, -0.1) is 0 Å². The molecular formula is C15H21NO3. The molecule has 104 valence electrons. The smallest absolute Gasteiger partial charge is 0.328 e. The average Bonchev–Trinajstić information content (AvgIpc) is 2.35. The van der Waals surface area contributed by atoms with Crippen LogP contribution in [0.15, 0.2) is 18.2 Å². The first kappa shape index (κ1) is 13.9. The van der Waals surface area contributed by atoms with E-state index in [2.05, 4.69) is 5.32 Å². The van der Waals surface area contributed by atoms with Gasteiger partial charge in [0.15, 0.2) is 0 Å². The van der Waals surface area contributed by atoms with Crippen molar-refractivity contribution in [3.05, 3.63) is 29.3 Å². The summed E-state index contributed by atoms with van der Waals surface area (Å²) in [6, 6.07) is 5.38. The number of methoxy groups -OCH3 is 1. The zero-order valence-corrected chi connectivity index (χ0v) is 11.9. The van der Waals surface area contributed by atoms with Crippen LogP contribution in [0.3, 0.4) is 0 Å². The van der Waals surface area contributed by atoms with E-state index in [9.17, 15) is 4.79 Å². The lowest BCUT2D eigenvalue weighted by Crippen LogP contribution is -2.39. The molecule has 0 saturated heterocycles. The zero-order valence-electron chi connectivity index (χ0n) is 11.9. The van der Waals surface area contributed by atoms with Crippen molar-refractivity contribution in [3.8, 4) is 5.75 Å². The molecule has 1 atom stereocenters. The Balaban J connectivity index is 2.30. The Labute approximate surface area is 114 Å². The number of carbonyl (C=O) groups excluding carboxylic acids is 1. The van der Waals surface area contributed by atoms with Gasteiger partial charge < -0.3 is 14.8 Å². The number of nitrogens with one attached hydrogen (secondary N) is 1. The number of rotatable bonds is 2. The van der Waals surface area contributed by atoms with E-state index in [1.807, 2.05) is 39.0 Å². The van der Waals surface area contributed by atoms with E-state index in [-0.39, 0.29) is 5.97 Å². The van der Waals surface area contributed by atoms with Gasteiger partial charge in [0.2, 0.25) is 0 Å². The van der Waals surface area contributed by atoms with Gasteiger partial charge >= 0.3 is 5.97 Å². The van der Waals surface area contributed by atoms with E-state index in [1.165, 1.54) is 0 Å². The van der Waals surface area contributed by atoms with Crippen LogP contribution in [0.4, 0.5) is 0 Å². The van der Waals surface area contributed by atoms with Crippen molar-refractivity contribution in [1.29, 1.82) is 0 Å². The largest absolute Gasteiger partial charge is 0.496 e. The van der Waals surface area contributed by atoms with Crippen molar-refractivity contribution in [2.24, 2.45) is 0 Å². The Morgan fingerprint density at radius 1 is 1.37 bits per heavy atom. The highest BCUT2D eigenvalue weighted by molar-refractivity contribution is 5.79. The molecule has 0 spiro atoms. The van der Waals surface area contributed by atoms with Crippen LogP contribution in [0.1, 0.15) is 37.9 Å². The minimum atomic E-state index is -0.477. The van der Waals surface area contributed by atoms with Gasteiger partial charge in [-0.2, -0.15) is 0 Å². The highest BCUT2D eigenvalue weighted by Gasteiger charge is 2.31. The maximum atomic E-state index is 12.3. The maximum absolute atomic E-state index is 12.3. The molecule has 4 nitrogen and oxygen atoms in total. The second-order valence-corrected chi connectivity index (χ2v) is 5.70. The lowest BCUT2D eigenvalue weighted by Gasteiger charge is -2.29. The van der Waals surface area contributed by atoms with E-state index in [0.29, 0.717) is 0 Å². The third-order valence-electron chi connectivity index (χ3n) is 3.07. The molecule has 1 N–H and O–H groups in total. The van der Waals surface area contributed by atoms with Crippen molar-refractivity contribution in [2.45, 2.75) is 38.8 Å². The van der Waals surface area contributed by atoms with Crippen LogP contribution in [0.5, 0.6) is 5.75 Å². The first-order valence-electron chi connectivity index (χ1n) is 6.54. The third-order valence-corrected chi connectivity index (χ3v) is 3.07. The summed E-state index contributed by atoms with van der Waals surface area (Å²) in [5.74, 6) is 0.606. The van der Waals surface area contributed by atoms with Crippen molar-refractivity contribution >= 4 is 5.97 Å². The molecule has 1 aliphatic rings. The molecule has 1 heterocycles. The summed E-state index contributed by atoms with van der Waals surface area (Å²) >= 11 is 0. The lowest BCUT2D eigenvalue weighted by molar-refractivity contribution is -0.157. The second kappa shape index (κ2) is 5.21. The van der Waals surface area contributed by atoms with E-state index < -0.39 is 11.6 Å². The third kappa shape index (κ3) is 3.07. The van der Waals surface area contributed by atoms with Crippen LogP contribution in [0.25, 0.3) is 0 Å². The number of carbonyl (C=O) groups is 1. The molecule has 0 unspecified atom stereocenters. The molecule has 0 radical (unpaired) electrons. The number of benzene rings is 1. The van der Waals surface area contributed by atoms with Crippen molar-refractivity contribution in [1.82, 2.24) is 5.32 Å². The molecule has 4 heteroatoms. The first-order valence-corrected chi connectivity index (χ1v) is 6.54. The lowest BCUT2D eigenvalue weighted by atomic mass is 9.93. The van der Waals surface area contributed by atoms with E-state index in [4.69, 9.17) is 9.47 Å². The first-order chi connectivity index (χ1) is 8.92. The molecule has 0 saturated carbocycles. The van der Waals surface area contributed by atoms with Crippen molar-refractivity contribution < 1.29 is 14.3 Å². The van der Waals surface area contributed by atoms with Gasteiger partial charge in [-0.3, -0.25) is 0 Å². The minimum absolute atomic E-state index is 0.235. The highest BCUT2D eigenvalue weighted by atomic mass is 16.6. The summed E-state index contributed by atoms with van der Waals surface area (Å²) in [5, 5.41) is 3.22. The van der Waals surface area contributed by atoms with Crippen LogP contribution in [0.2, 0.25) is 0 Å². The molecule has 0 fully saturated rings. The summed E-state index contributed by atoms with van der Waals surface area (Å²) < 4.78 is 10.8. The number of ether oxygens (including phenoxy) is 2. The molecule has 0 bridgehead atoms. The summed E-state index contributed by atoms with van der Waals surface area (Å²) in [4.78, 5) is 12.3. The zero-order chi connectivity index (χ0) is 14.0. The molecular weight excluding hydrogens is 242 g/mol. The maximum Gasteiger partial charge on any atom is 0.328 e. The molecule has 0 amide bonds. The van der Waals surface area contributed by atoms with Crippen LogP contribution < -0.4 is 10.1 Å². The minimum Gasteiger partial charge on any atom is -0.496 e. The standard InChI is InChI=1S/C15H21NO3/c1-15(2,3)19-14(17)13-11-6-5-7-12(18-4)10(11)8-9-16-13/h5-7,13,16H,8-9H2,1-4H3/t13-/m0/s1. The van der Waals surface area contributed by atoms with Gasteiger partial charge in [0.1, 0.15) is 17.4 Å². The number of fused-ring (bicyclic) bond motifs is 1. The molecule has 0 aliphatic carbocycles. The molecule has 1 aromatic rings. The quantitative estimate of drug-likeness (QED) is 0.831. The van der Waals surface area contributed by atoms with Crippen molar-refractivity contribution in [2.75, 3.05) is 13.7 Å². The normalized spacial score (nSPS) is 18.6. The molecule has 0 aromatic heterocycles. The topological polar surface area (TPSA) is 47.6 Å². The predicted molar refractivity (Wildman–Crippen MR) is 73.3 cm³/mol. The molecule has 1 aliphatic heterocycles. The Bertz CT molecular complexity index is 477. The Hall–Kier alpha value is -1.55. The summed E-state index contributed by atoms with van der Waals surface area (Å²) in [5.41, 5.74) is 1.58. The van der Waals surface area contributed by atoms with Gasteiger partial charge in [-0.05, 0) is 38.8 Å². The van der Waals surface area contributed by atoms with Crippen LogP contribution in [0, 0.1) is 0 Å². The predicted octanol–water partition coefficient (Wildman–Crippen LogP) is 2.22. The van der Waals surface area contributed by atoms with Crippen LogP contribution in [-0.4, -0.2) is 25.2 Å². The van der Waals surface area contributed by atoms with Crippen LogP contribution >= 0.6 is 0 Å². The fourth-order valence-electron chi connectivity index (χ4n) is 2.33. The SMILES string of the molecule is COc1cccc2c1CCN[C@@H]2C(=O)OC(C)(C)C. The molecule has 19 heavy (non-hydrogen) atoms. The Morgan fingerprint density at radius 3 is 2.74 bits per heavy atom. The van der Waals surface area contributed by atoms with Crippen LogP contribution in [-0.2, 0) is 16.0 Å². The Kier molecular flexibility index (Phi) is 3.80. The van der Waals surface area contributed by atoms with Gasteiger partial charge in [0.05, 0.1) is 7.11 Å². The van der Waals surface area contributed by atoms with Gasteiger partial charge in [-0.1, -0.05) is 12.1 Å². The fourth-order valence-corrected chi connectivity index (χ4v) is 2.33. The van der Waals surface area contributed by atoms with E-state index in [1.54, 1.807) is 7.11 Å².